The molecule has 0 amide bonds. The zero-order valence-electron chi connectivity index (χ0n) is 14.2. The number of hydrogen-bond acceptors (Lipinski definition) is 3. The van der Waals surface area contributed by atoms with Gasteiger partial charge >= 0.3 is 18.9 Å². The number of hydrogen-bond donors (Lipinski definition) is 1. The number of primary sulfonamides is 1. The maximum Gasteiger partial charge on any atom is 1.00 e. The largest absolute Gasteiger partial charge is 1.00 e. The molecule has 2 rings (SSSR count). The topological polar surface area (TPSA) is 60.2 Å². The first-order chi connectivity index (χ1) is 9.78. The molecule has 118 valence electrons. The van der Waals surface area contributed by atoms with Crippen molar-refractivity contribution in [2.24, 2.45) is 5.14 Å². The predicted molar refractivity (Wildman–Crippen MR) is 91.4 cm³/mol. The predicted octanol–water partition coefficient (Wildman–Crippen LogP) is 1.12. The Hall–Kier alpha value is -0.0226. The quantitative estimate of drug-likeness (QED) is 0.806. The Labute approximate surface area is 155 Å². The Kier molecular flexibility index (Phi) is 6.60. The molecule has 1 aromatic heterocycles. The molecule has 1 aromatic rings. The normalized spacial score (nSPS) is 27.6. The second-order valence-electron chi connectivity index (χ2n) is 5.56. The van der Waals surface area contributed by atoms with Crippen LogP contribution >= 0.6 is 22.9 Å². The van der Waals surface area contributed by atoms with Crippen LogP contribution in [0.5, 0.6) is 0 Å². The van der Waals surface area contributed by atoms with Gasteiger partial charge in [0.25, 0.3) is 0 Å². The van der Waals surface area contributed by atoms with Crippen molar-refractivity contribution in [1.29, 1.82) is 0 Å². The first-order valence-electron chi connectivity index (χ1n) is 6.91. The number of unbranched alkanes of at least 4 members (excludes halogenated alkanes) is 1. The van der Waals surface area contributed by atoms with Gasteiger partial charge < -0.3 is 1.43 Å². The van der Waals surface area contributed by atoms with Crippen LogP contribution < -0.4 is 24.0 Å². The molecular weight excluding hydrogens is 333 g/mol. The van der Waals surface area contributed by atoms with Gasteiger partial charge in [0, 0.05) is 10.3 Å². The van der Waals surface area contributed by atoms with Crippen LogP contribution in [0.15, 0.2) is 35.8 Å². The fourth-order valence-electron chi connectivity index (χ4n) is 3.02. The van der Waals surface area contributed by atoms with Gasteiger partial charge in [-0.1, -0.05) is 55.7 Å². The molecular formula is C15H21ClLiNO2S2. The number of sulfonamides is 1. The fraction of sp³-hybridized carbons (Fsp3) is 0.467. The first kappa shape index (κ1) is 20.0. The minimum absolute atomic E-state index is 0. The van der Waals surface area contributed by atoms with Crippen molar-refractivity contribution in [2.75, 3.05) is 0 Å². The number of rotatable bonds is 5. The van der Waals surface area contributed by atoms with Gasteiger partial charge in [-0.2, -0.15) is 0 Å². The molecule has 2 unspecified atom stereocenters. The summed E-state index contributed by atoms with van der Waals surface area (Å²) in [7, 11) is -3.80. The van der Waals surface area contributed by atoms with Crippen molar-refractivity contribution < 1.29 is 28.7 Å². The zero-order valence-corrected chi connectivity index (χ0v) is 15.6. The molecule has 0 spiro atoms. The molecule has 3 nitrogen and oxygen atoms in total. The number of thiophene rings is 1. The summed E-state index contributed by atoms with van der Waals surface area (Å²) >= 11 is 7.76. The molecule has 0 saturated heterocycles. The van der Waals surface area contributed by atoms with E-state index in [1.807, 2.05) is 31.4 Å². The molecule has 2 atom stereocenters. The molecule has 0 bridgehead atoms. The van der Waals surface area contributed by atoms with E-state index < -0.39 is 20.2 Å². The van der Waals surface area contributed by atoms with E-state index in [0.29, 0.717) is 11.4 Å². The van der Waals surface area contributed by atoms with Crippen LogP contribution in [0.1, 0.15) is 39.4 Å². The van der Waals surface area contributed by atoms with Crippen LogP contribution in [-0.4, -0.2) is 13.2 Å². The summed E-state index contributed by atoms with van der Waals surface area (Å²) < 4.78 is 23.8. The molecule has 0 saturated carbocycles. The van der Waals surface area contributed by atoms with Gasteiger partial charge in [0.05, 0.1) is 5.02 Å². The van der Waals surface area contributed by atoms with E-state index in [4.69, 9.17) is 16.7 Å². The monoisotopic (exact) mass is 353 g/mol. The van der Waals surface area contributed by atoms with Gasteiger partial charge in [-0.15, -0.1) is 11.3 Å². The molecule has 2 N–H and O–H groups in total. The smallest absolute Gasteiger partial charge is 1.00 e. The van der Waals surface area contributed by atoms with Crippen molar-refractivity contribution in [3.05, 3.63) is 45.7 Å². The molecule has 1 heterocycles. The van der Waals surface area contributed by atoms with E-state index in [1.54, 1.807) is 18.2 Å². The average Bonchev–Trinajstić information content (AvgIpc) is 2.83. The third-order valence-corrected chi connectivity index (χ3v) is 7.64. The zero-order chi connectivity index (χ0) is 15.7. The summed E-state index contributed by atoms with van der Waals surface area (Å²) in [6.45, 7) is 3.94. The second-order valence-corrected chi connectivity index (χ2v) is 8.70. The maximum absolute atomic E-state index is 12.5. The fourth-order valence-corrected chi connectivity index (χ4v) is 6.03. The van der Waals surface area contributed by atoms with Gasteiger partial charge in [-0.05, 0) is 24.8 Å². The molecule has 0 aliphatic heterocycles. The first-order valence-corrected chi connectivity index (χ1v) is 9.72. The van der Waals surface area contributed by atoms with Gasteiger partial charge in [0.2, 0.25) is 10.0 Å². The van der Waals surface area contributed by atoms with Crippen LogP contribution in [0.4, 0.5) is 0 Å². The number of allylic oxidation sites excluding steroid dienone is 3. The van der Waals surface area contributed by atoms with Gasteiger partial charge in [-0.25, -0.2) is 13.6 Å². The summed E-state index contributed by atoms with van der Waals surface area (Å²) in [5, 5.41) is 8.13. The van der Waals surface area contributed by atoms with E-state index in [1.165, 1.54) is 11.3 Å². The Morgan fingerprint density at radius 3 is 2.50 bits per heavy atom. The van der Waals surface area contributed by atoms with E-state index in [2.05, 4.69) is 0 Å². The Morgan fingerprint density at radius 2 is 2.00 bits per heavy atom. The molecule has 0 aromatic carbocycles. The van der Waals surface area contributed by atoms with Crippen LogP contribution in [0.2, 0.25) is 5.02 Å². The van der Waals surface area contributed by atoms with Crippen molar-refractivity contribution >= 4 is 33.0 Å². The standard InChI is InChI=1S/C15H20ClNO2S2.Li.H/c1-3-4-9-15(21(17,18)19)10-6-5-8-14(15,2)13-12(16)7-11-20-13;;/h5-8,10-11H,3-4,9H2,1-2H3,(H2,17,18,19);;/q;+1;-1. The number of halogens is 1. The van der Waals surface area contributed by atoms with Crippen LogP contribution in [0, 0.1) is 0 Å². The molecule has 7 heteroatoms. The summed E-state index contributed by atoms with van der Waals surface area (Å²) in [4.78, 5) is 0.842. The summed E-state index contributed by atoms with van der Waals surface area (Å²) in [5.41, 5.74) is -0.754. The molecule has 1 aliphatic rings. The average molecular weight is 354 g/mol. The molecule has 0 radical (unpaired) electrons. The minimum Gasteiger partial charge on any atom is -1.00 e. The molecule has 0 fully saturated rings. The Bertz CT molecular complexity index is 689. The van der Waals surface area contributed by atoms with Crippen molar-refractivity contribution in [2.45, 2.75) is 43.3 Å². The summed E-state index contributed by atoms with van der Waals surface area (Å²) in [5.74, 6) is 0. The van der Waals surface area contributed by atoms with Crippen molar-refractivity contribution in [3.63, 3.8) is 0 Å². The van der Waals surface area contributed by atoms with E-state index >= 15 is 0 Å². The van der Waals surface area contributed by atoms with E-state index in [9.17, 15) is 8.42 Å². The second kappa shape index (κ2) is 7.25. The third kappa shape index (κ3) is 3.13. The van der Waals surface area contributed by atoms with Crippen molar-refractivity contribution in [3.8, 4) is 0 Å². The number of nitrogens with two attached hydrogens (primary N) is 1. The summed E-state index contributed by atoms with van der Waals surface area (Å²) in [6.07, 6.45) is 9.44. The van der Waals surface area contributed by atoms with Crippen molar-refractivity contribution in [1.82, 2.24) is 0 Å². The van der Waals surface area contributed by atoms with E-state index in [0.717, 1.165) is 17.7 Å². The van der Waals surface area contributed by atoms with Crippen LogP contribution in [0.25, 0.3) is 0 Å². The Morgan fingerprint density at radius 1 is 1.36 bits per heavy atom. The molecule has 1 aliphatic carbocycles. The van der Waals surface area contributed by atoms with Gasteiger partial charge in [-0.3, -0.25) is 0 Å². The molecule has 22 heavy (non-hydrogen) atoms. The van der Waals surface area contributed by atoms with Crippen LogP contribution in [0.3, 0.4) is 0 Å². The maximum atomic E-state index is 12.5. The summed E-state index contributed by atoms with van der Waals surface area (Å²) in [6, 6.07) is 1.80. The van der Waals surface area contributed by atoms with Gasteiger partial charge in [0.15, 0.2) is 0 Å². The third-order valence-electron chi connectivity index (χ3n) is 4.28. The van der Waals surface area contributed by atoms with Gasteiger partial charge in [0.1, 0.15) is 4.75 Å². The SMILES string of the molecule is CCCCC1(S(N)(=O)=O)C=CC=CC1(C)c1sccc1Cl.[H-].[Li+]. The van der Waals surface area contributed by atoms with E-state index in [-0.39, 0.29) is 20.3 Å². The Balaban J connectivity index is 0.00000242. The minimum atomic E-state index is -3.80. The van der Waals surface area contributed by atoms with Crippen LogP contribution in [-0.2, 0) is 15.4 Å².